The monoisotopic (exact) mass is 566 g/mol. The number of carbonyl (C=O) groups is 5. The van der Waals surface area contributed by atoms with Crippen molar-refractivity contribution in [1.82, 2.24) is 20.9 Å². The second-order valence-electron chi connectivity index (χ2n) is 11.1. The zero-order valence-corrected chi connectivity index (χ0v) is 24.4. The summed E-state index contributed by atoms with van der Waals surface area (Å²) in [6, 6.07) is -2.30. The molecule has 0 aromatic rings. The fourth-order valence-corrected chi connectivity index (χ4v) is 5.69. The van der Waals surface area contributed by atoms with E-state index in [2.05, 4.69) is 16.0 Å². The SMILES string of the molecule is CCOC(=O)[C@H](CCC1CCCCC1)NC(=O)[C@H](CC(=O)O)NC(=O)CN(CC)C(=O)CCCC1CCNCC1. The van der Waals surface area contributed by atoms with Gasteiger partial charge in [0.15, 0.2) is 0 Å². The van der Waals surface area contributed by atoms with Gasteiger partial charge in [0.25, 0.3) is 0 Å². The van der Waals surface area contributed by atoms with Crippen LogP contribution in [-0.2, 0) is 28.7 Å². The summed E-state index contributed by atoms with van der Waals surface area (Å²) in [5.74, 6) is -2.26. The van der Waals surface area contributed by atoms with Gasteiger partial charge < -0.3 is 30.7 Å². The van der Waals surface area contributed by atoms with Crippen molar-refractivity contribution in [1.29, 1.82) is 0 Å². The summed E-state index contributed by atoms with van der Waals surface area (Å²) >= 11 is 0. The first kappa shape index (κ1) is 33.5. The summed E-state index contributed by atoms with van der Waals surface area (Å²) in [4.78, 5) is 64.1. The van der Waals surface area contributed by atoms with Crippen LogP contribution in [0.5, 0.6) is 0 Å². The molecule has 3 amide bonds. The van der Waals surface area contributed by atoms with Crippen molar-refractivity contribution in [3.8, 4) is 0 Å². The van der Waals surface area contributed by atoms with Crippen molar-refractivity contribution in [2.75, 3.05) is 32.8 Å². The summed E-state index contributed by atoms with van der Waals surface area (Å²) in [7, 11) is 0. The Hall–Kier alpha value is -2.69. The summed E-state index contributed by atoms with van der Waals surface area (Å²) in [6.45, 7) is 5.67. The topological polar surface area (TPSA) is 154 Å². The molecule has 0 bridgehead atoms. The highest BCUT2D eigenvalue weighted by Crippen LogP contribution is 2.28. The molecule has 2 fully saturated rings. The van der Waals surface area contributed by atoms with E-state index in [0.717, 1.165) is 70.9 Å². The first-order chi connectivity index (χ1) is 19.2. The molecule has 1 heterocycles. The number of likely N-dealkylation sites (N-methyl/N-ethyl adjacent to an activating group) is 1. The normalized spacial score (nSPS) is 17.9. The lowest BCUT2D eigenvalue weighted by Crippen LogP contribution is -2.54. The Labute approximate surface area is 238 Å². The van der Waals surface area contributed by atoms with Crippen LogP contribution in [0.15, 0.2) is 0 Å². The van der Waals surface area contributed by atoms with Crippen molar-refractivity contribution in [2.45, 2.75) is 109 Å². The average Bonchev–Trinajstić information content (AvgIpc) is 2.94. The highest BCUT2D eigenvalue weighted by atomic mass is 16.5. The number of hydrogen-bond donors (Lipinski definition) is 4. The van der Waals surface area contributed by atoms with Crippen molar-refractivity contribution in [2.24, 2.45) is 11.8 Å². The fourth-order valence-electron chi connectivity index (χ4n) is 5.69. The number of esters is 1. The molecule has 0 spiro atoms. The highest BCUT2D eigenvalue weighted by Gasteiger charge is 2.30. The number of carboxylic acid groups (broad SMARTS) is 1. The number of piperidine rings is 1. The minimum absolute atomic E-state index is 0.143. The van der Waals surface area contributed by atoms with Crippen LogP contribution in [0.3, 0.4) is 0 Å². The average molecular weight is 567 g/mol. The van der Waals surface area contributed by atoms with Crippen molar-refractivity contribution in [3.05, 3.63) is 0 Å². The van der Waals surface area contributed by atoms with E-state index in [0.29, 0.717) is 31.2 Å². The Morgan fingerprint density at radius 2 is 1.60 bits per heavy atom. The van der Waals surface area contributed by atoms with Gasteiger partial charge in [0.2, 0.25) is 17.7 Å². The lowest BCUT2D eigenvalue weighted by Gasteiger charge is -2.26. The van der Waals surface area contributed by atoms with Gasteiger partial charge in [-0.1, -0.05) is 32.1 Å². The van der Waals surface area contributed by atoms with Gasteiger partial charge in [-0.15, -0.1) is 0 Å². The second-order valence-corrected chi connectivity index (χ2v) is 11.1. The molecule has 2 rings (SSSR count). The van der Waals surface area contributed by atoms with Gasteiger partial charge in [-0.05, 0) is 77.3 Å². The Balaban J connectivity index is 1.92. The number of nitrogens with one attached hydrogen (secondary N) is 3. The molecule has 0 unspecified atom stereocenters. The second kappa shape index (κ2) is 18.6. The van der Waals surface area contributed by atoms with Crippen molar-refractivity contribution >= 4 is 29.7 Å². The molecule has 1 saturated carbocycles. The van der Waals surface area contributed by atoms with E-state index < -0.39 is 42.3 Å². The molecule has 1 aliphatic carbocycles. The molecular formula is C29H50N4O7. The minimum atomic E-state index is -1.38. The molecule has 0 aromatic carbocycles. The van der Waals surface area contributed by atoms with Crippen LogP contribution in [0.4, 0.5) is 0 Å². The van der Waals surface area contributed by atoms with Crippen molar-refractivity contribution in [3.63, 3.8) is 0 Å². The summed E-state index contributed by atoms with van der Waals surface area (Å²) < 4.78 is 5.15. The van der Waals surface area contributed by atoms with E-state index in [9.17, 15) is 29.1 Å². The largest absolute Gasteiger partial charge is 0.481 e. The van der Waals surface area contributed by atoms with Gasteiger partial charge in [0.05, 0.1) is 19.6 Å². The number of ether oxygens (including phenoxy) is 1. The molecule has 11 heteroatoms. The number of rotatable bonds is 17. The van der Waals surface area contributed by atoms with E-state index in [1.165, 1.54) is 11.3 Å². The van der Waals surface area contributed by atoms with Crippen molar-refractivity contribution < 1.29 is 33.8 Å². The minimum Gasteiger partial charge on any atom is -0.481 e. The molecule has 2 atom stereocenters. The summed E-state index contributed by atoms with van der Waals surface area (Å²) in [6.07, 6.45) is 10.5. The van der Waals surface area contributed by atoms with Gasteiger partial charge in [-0.25, -0.2) is 4.79 Å². The fraction of sp³-hybridized carbons (Fsp3) is 0.828. The Morgan fingerprint density at radius 1 is 0.925 bits per heavy atom. The third kappa shape index (κ3) is 12.7. The van der Waals surface area contributed by atoms with E-state index in [1.54, 1.807) is 13.8 Å². The van der Waals surface area contributed by atoms with Crippen LogP contribution in [0.2, 0.25) is 0 Å². The lowest BCUT2D eigenvalue weighted by molar-refractivity contribution is -0.148. The molecular weight excluding hydrogens is 516 g/mol. The van der Waals surface area contributed by atoms with E-state index >= 15 is 0 Å². The quantitative estimate of drug-likeness (QED) is 0.196. The number of amides is 3. The van der Waals surface area contributed by atoms with E-state index in [4.69, 9.17) is 4.74 Å². The molecule has 0 radical (unpaired) electrons. The number of aliphatic carboxylic acids is 1. The molecule has 228 valence electrons. The van der Waals surface area contributed by atoms with Crippen LogP contribution in [0.25, 0.3) is 0 Å². The molecule has 0 aromatic heterocycles. The molecule has 4 N–H and O–H groups in total. The predicted octanol–water partition coefficient (Wildman–Crippen LogP) is 2.37. The zero-order valence-electron chi connectivity index (χ0n) is 24.4. The maximum atomic E-state index is 13.1. The van der Waals surface area contributed by atoms with Gasteiger partial charge >= 0.3 is 11.9 Å². The number of hydrogen-bond acceptors (Lipinski definition) is 7. The number of carboxylic acids is 1. The van der Waals surface area contributed by atoms with E-state index in [-0.39, 0.29) is 19.1 Å². The summed E-state index contributed by atoms with van der Waals surface area (Å²) in [5.41, 5.74) is 0. The van der Waals surface area contributed by atoms with Gasteiger partial charge in [0, 0.05) is 13.0 Å². The predicted molar refractivity (Wildman–Crippen MR) is 150 cm³/mol. The molecule has 11 nitrogen and oxygen atoms in total. The van der Waals surface area contributed by atoms with Crippen LogP contribution < -0.4 is 16.0 Å². The van der Waals surface area contributed by atoms with Crippen LogP contribution in [0, 0.1) is 11.8 Å². The van der Waals surface area contributed by atoms with Gasteiger partial charge in [-0.2, -0.15) is 0 Å². The first-order valence-corrected chi connectivity index (χ1v) is 15.2. The van der Waals surface area contributed by atoms with E-state index in [1.807, 2.05) is 0 Å². The first-order valence-electron chi connectivity index (χ1n) is 15.2. The number of nitrogens with zero attached hydrogens (tertiary/aromatic N) is 1. The molecule has 40 heavy (non-hydrogen) atoms. The molecule has 1 saturated heterocycles. The Morgan fingerprint density at radius 3 is 2.23 bits per heavy atom. The third-order valence-electron chi connectivity index (χ3n) is 8.04. The third-order valence-corrected chi connectivity index (χ3v) is 8.04. The Bertz CT molecular complexity index is 825. The molecule has 2 aliphatic rings. The van der Waals surface area contributed by atoms with Gasteiger partial charge in [0.1, 0.15) is 12.1 Å². The van der Waals surface area contributed by atoms with Crippen LogP contribution in [-0.4, -0.2) is 84.5 Å². The molecule has 1 aliphatic heterocycles. The smallest absolute Gasteiger partial charge is 0.328 e. The lowest BCUT2D eigenvalue weighted by atomic mass is 9.85. The standard InChI is InChI=1S/C29H50N4O7/c1-3-33(26(35)12-8-11-22-15-17-30-18-16-22)20-25(34)31-24(19-27(36)37)28(38)32-23(29(39)40-4-2)14-13-21-9-6-5-7-10-21/h21-24,30H,3-20H2,1-2H3,(H,31,34)(H,32,38)(H,36,37)/t23-,24-/m0/s1. The summed E-state index contributed by atoms with van der Waals surface area (Å²) in [5, 5.41) is 17.8. The Kier molecular flexibility index (Phi) is 15.6. The van der Waals surface area contributed by atoms with Crippen LogP contribution in [0.1, 0.15) is 97.3 Å². The maximum Gasteiger partial charge on any atom is 0.328 e. The van der Waals surface area contributed by atoms with Gasteiger partial charge in [-0.3, -0.25) is 19.2 Å². The zero-order chi connectivity index (χ0) is 29.3. The van der Waals surface area contributed by atoms with Crippen LogP contribution >= 0.6 is 0 Å². The maximum absolute atomic E-state index is 13.1. The number of carbonyl (C=O) groups excluding carboxylic acids is 4. The highest BCUT2D eigenvalue weighted by molar-refractivity contribution is 5.94.